The molecule has 0 amide bonds. The fourth-order valence-corrected chi connectivity index (χ4v) is 1.40. The van der Waals surface area contributed by atoms with Crippen molar-refractivity contribution in [2.24, 2.45) is 17.8 Å². The van der Waals surface area contributed by atoms with Crippen LogP contribution in [0.5, 0.6) is 0 Å². The quantitative estimate of drug-likeness (QED) is 0.606. The first-order valence-electron chi connectivity index (χ1n) is 4.59. The Balaban J connectivity index is 3.73. The van der Waals surface area contributed by atoms with Gasteiger partial charge in [-0.05, 0) is 31.8 Å². The highest BCUT2D eigenvalue weighted by atomic mass is 15.1. The number of rotatable bonds is 4. The van der Waals surface area contributed by atoms with Crippen LogP contribution in [0.25, 0.3) is 0 Å². The third-order valence-electron chi connectivity index (χ3n) is 2.60. The van der Waals surface area contributed by atoms with E-state index in [4.69, 9.17) is 0 Å². The predicted molar refractivity (Wildman–Crippen MR) is 51.7 cm³/mol. The predicted octanol–water partition coefficient (Wildman–Crippen LogP) is 2.48. The average Bonchev–Trinajstić information content (AvgIpc) is 1.84. The van der Waals surface area contributed by atoms with Gasteiger partial charge in [-0.3, -0.25) is 0 Å². The molecule has 0 aromatic carbocycles. The van der Waals surface area contributed by atoms with Crippen LogP contribution in [0.4, 0.5) is 0 Å². The van der Waals surface area contributed by atoms with Crippen LogP contribution in [0, 0.1) is 17.8 Å². The van der Waals surface area contributed by atoms with Crippen molar-refractivity contribution in [2.75, 3.05) is 20.6 Å². The third-order valence-corrected chi connectivity index (χ3v) is 2.60. The Bertz CT molecular complexity index is 97.0. The first kappa shape index (κ1) is 11.0. The summed E-state index contributed by atoms with van der Waals surface area (Å²) in [6, 6.07) is 0. The Morgan fingerprint density at radius 2 is 1.45 bits per heavy atom. The van der Waals surface area contributed by atoms with Crippen LogP contribution < -0.4 is 0 Å². The SMILES string of the molecule is CC(C)C(C)[C@@H](C)CN(C)C. The molecule has 0 aliphatic rings. The molecule has 1 nitrogen and oxygen atoms in total. The van der Waals surface area contributed by atoms with E-state index in [1.165, 1.54) is 6.54 Å². The van der Waals surface area contributed by atoms with Crippen molar-refractivity contribution in [3.05, 3.63) is 0 Å². The van der Waals surface area contributed by atoms with Gasteiger partial charge in [0.1, 0.15) is 0 Å². The highest BCUT2D eigenvalue weighted by Crippen LogP contribution is 2.19. The molecule has 0 fully saturated rings. The van der Waals surface area contributed by atoms with E-state index in [0.717, 1.165) is 17.8 Å². The topological polar surface area (TPSA) is 3.24 Å². The number of hydrogen-bond acceptors (Lipinski definition) is 1. The molecular weight excluding hydrogens is 134 g/mol. The van der Waals surface area contributed by atoms with Gasteiger partial charge in [-0.25, -0.2) is 0 Å². The van der Waals surface area contributed by atoms with Gasteiger partial charge in [0, 0.05) is 6.54 Å². The maximum absolute atomic E-state index is 2.35. The average molecular weight is 157 g/mol. The van der Waals surface area contributed by atoms with Gasteiger partial charge in [-0.1, -0.05) is 27.7 Å². The molecule has 0 rings (SSSR count). The molecule has 11 heavy (non-hydrogen) atoms. The summed E-state index contributed by atoms with van der Waals surface area (Å²) >= 11 is 0. The van der Waals surface area contributed by atoms with Gasteiger partial charge < -0.3 is 4.90 Å². The minimum Gasteiger partial charge on any atom is -0.309 e. The summed E-state index contributed by atoms with van der Waals surface area (Å²) in [5.74, 6) is 2.45. The first-order valence-corrected chi connectivity index (χ1v) is 4.59. The Labute approximate surface area is 71.8 Å². The van der Waals surface area contributed by atoms with Crippen molar-refractivity contribution in [1.82, 2.24) is 4.90 Å². The van der Waals surface area contributed by atoms with Gasteiger partial charge >= 0.3 is 0 Å². The highest BCUT2D eigenvalue weighted by Gasteiger charge is 2.15. The molecule has 0 saturated carbocycles. The minimum atomic E-state index is 0.810. The summed E-state index contributed by atoms with van der Waals surface area (Å²) in [6.45, 7) is 10.5. The fourth-order valence-electron chi connectivity index (χ4n) is 1.40. The molecule has 1 heteroatoms. The molecular formula is C10H23N. The molecule has 0 aromatic rings. The molecule has 0 N–H and O–H groups in total. The summed E-state index contributed by atoms with van der Waals surface area (Å²) in [5.41, 5.74) is 0. The van der Waals surface area contributed by atoms with E-state index in [-0.39, 0.29) is 0 Å². The summed E-state index contributed by atoms with van der Waals surface area (Å²) in [5, 5.41) is 0. The summed E-state index contributed by atoms with van der Waals surface area (Å²) in [7, 11) is 4.28. The maximum atomic E-state index is 2.35. The van der Waals surface area contributed by atoms with E-state index < -0.39 is 0 Å². The smallest absolute Gasteiger partial charge is 0.000356 e. The van der Waals surface area contributed by atoms with Crippen molar-refractivity contribution >= 4 is 0 Å². The first-order chi connectivity index (χ1) is 4.95. The van der Waals surface area contributed by atoms with Crippen molar-refractivity contribution in [3.8, 4) is 0 Å². The molecule has 2 atom stereocenters. The van der Waals surface area contributed by atoms with Crippen molar-refractivity contribution in [1.29, 1.82) is 0 Å². The largest absolute Gasteiger partial charge is 0.309 e. The fraction of sp³-hybridized carbons (Fsp3) is 1.00. The lowest BCUT2D eigenvalue weighted by molar-refractivity contribution is 0.231. The van der Waals surface area contributed by atoms with Gasteiger partial charge in [0.2, 0.25) is 0 Å². The number of nitrogens with zero attached hydrogens (tertiary/aromatic N) is 1. The van der Waals surface area contributed by atoms with E-state index in [9.17, 15) is 0 Å². The van der Waals surface area contributed by atoms with Crippen LogP contribution in [-0.2, 0) is 0 Å². The van der Waals surface area contributed by atoms with Gasteiger partial charge in [-0.2, -0.15) is 0 Å². The monoisotopic (exact) mass is 157 g/mol. The lowest BCUT2D eigenvalue weighted by Gasteiger charge is -2.25. The lowest BCUT2D eigenvalue weighted by Crippen LogP contribution is -2.26. The Morgan fingerprint density at radius 1 is 1.00 bits per heavy atom. The zero-order chi connectivity index (χ0) is 9.02. The van der Waals surface area contributed by atoms with E-state index in [0.29, 0.717) is 0 Å². The summed E-state index contributed by atoms with van der Waals surface area (Å²) < 4.78 is 0. The van der Waals surface area contributed by atoms with Crippen LogP contribution in [-0.4, -0.2) is 25.5 Å². The van der Waals surface area contributed by atoms with Crippen molar-refractivity contribution in [2.45, 2.75) is 27.7 Å². The Kier molecular flexibility index (Phi) is 4.74. The van der Waals surface area contributed by atoms with Gasteiger partial charge in [0.05, 0.1) is 0 Å². The lowest BCUT2D eigenvalue weighted by atomic mass is 9.86. The molecule has 0 radical (unpaired) electrons. The second-order valence-electron chi connectivity index (χ2n) is 4.34. The van der Waals surface area contributed by atoms with Crippen molar-refractivity contribution < 1.29 is 0 Å². The molecule has 0 saturated heterocycles. The van der Waals surface area contributed by atoms with E-state index in [1.54, 1.807) is 0 Å². The molecule has 0 aromatic heterocycles. The molecule has 0 bridgehead atoms. The molecule has 1 unspecified atom stereocenters. The van der Waals surface area contributed by atoms with Crippen molar-refractivity contribution in [3.63, 3.8) is 0 Å². The Hall–Kier alpha value is -0.0400. The molecule has 0 heterocycles. The van der Waals surface area contributed by atoms with Crippen LogP contribution in [0.3, 0.4) is 0 Å². The Morgan fingerprint density at radius 3 is 1.73 bits per heavy atom. The van der Waals surface area contributed by atoms with Crippen LogP contribution in [0.15, 0.2) is 0 Å². The molecule has 0 aliphatic carbocycles. The normalized spacial score (nSPS) is 17.5. The van der Waals surface area contributed by atoms with E-state index >= 15 is 0 Å². The standard InChI is InChI=1S/C10H23N/c1-8(2)10(4)9(3)7-11(5)6/h8-10H,7H2,1-6H3/t9-,10?/m0/s1. The van der Waals surface area contributed by atoms with E-state index in [1.807, 2.05) is 0 Å². The molecule has 0 aliphatic heterocycles. The van der Waals surface area contributed by atoms with Gasteiger partial charge in [-0.15, -0.1) is 0 Å². The zero-order valence-corrected chi connectivity index (χ0v) is 8.89. The van der Waals surface area contributed by atoms with Gasteiger partial charge in [0.25, 0.3) is 0 Å². The minimum absolute atomic E-state index is 0.810. The zero-order valence-electron chi connectivity index (χ0n) is 8.89. The molecule has 0 spiro atoms. The third kappa shape index (κ3) is 4.41. The summed E-state index contributed by atoms with van der Waals surface area (Å²) in [6.07, 6.45) is 0. The van der Waals surface area contributed by atoms with Crippen LogP contribution in [0.2, 0.25) is 0 Å². The second-order valence-corrected chi connectivity index (χ2v) is 4.34. The van der Waals surface area contributed by atoms with Gasteiger partial charge in [0.15, 0.2) is 0 Å². The maximum Gasteiger partial charge on any atom is 0.000356 e. The second kappa shape index (κ2) is 4.76. The number of hydrogen-bond donors (Lipinski definition) is 0. The van der Waals surface area contributed by atoms with E-state index in [2.05, 4.69) is 46.7 Å². The summed E-state index contributed by atoms with van der Waals surface area (Å²) in [4.78, 5) is 2.27. The van der Waals surface area contributed by atoms with Crippen LogP contribution >= 0.6 is 0 Å². The van der Waals surface area contributed by atoms with Crippen LogP contribution in [0.1, 0.15) is 27.7 Å². The molecule has 68 valence electrons. The highest BCUT2D eigenvalue weighted by molar-refractivity contribution is 4.66.